The van der Waals surface area contributed by atoms with Crippen molar-refractivity contribution in [1.29, 1.82) is 0 Å². The molecule has 0 N–H and O–H groups in total. The Morgan fingerprint density at radius 3 is 1.19 bits per heavy atom. The number of hydrogen-bond acceptors (Lipinski definition) is 3. The van der Waals surface area contributed by atoms with Crippen LogP contribution in [0.4, 0.5) is 34.1 Å². The minimum Gasteiger partial charge on any atom is -0.306 e. The minimum absolute atomic E-state index is 1.16. The number of thiophene rings is 1. The largest absolute Gasteiger partial charge is 0.306 e. The maximum atomic E-state index is 2.46. The van der Waals surface area contributed by atoms with E-state index in [9.17, 15) is 0 Å². The summed E-state index contributed by atoms with van der Waals surface area (Å²) in [6.07, 6.45) is 0. The molecule has 2 aliphatic heterocycles. The average Bonchev–Trinajstić information content (AvgIpc) is 3.87. The fourth-order valence-electron chi connectivity index (χ4n) is 9.39. The molecule has 53 heavy (non-hydrogen) atoms. The number of para-hydroxylation sites is 8. The molecule has 0 bridgehead atoms. The Hall–Kier alpha value is -6.82. The quantitative estimate of drug-likeness (QED) is 0.179. The van der Waals surface area contributed by atoms with Crippen LogP contribution in [0.1, 0.15) is 0 Å². The second-order valence-corrected chi connectivity index (χ2v) is 15.2. The van der Waals surface area contributed by atoms with E-state index in [4.69, 9.17) is 0 Å². The van der Waals surface area contributed by atoms with Crippen molar-refractivity contribution < 1.29 is 0 Å². The van der Waals surface area contributed by atoms with Crippen molar-refractivity contribution in [3.8, 4) is 11.4 Å². The van der Waals surface area contributed by atoms with Gasteiger partial charge in [0.15, 0.2) is 0 Å². The standard InChI is InChI=1S/C48H28N4S/c1-3-15-37-31(11-1)33-13-9-21-43-47(33)51(37)41-19-7-5-17-39(41)49(43)29-23-25-45-35(27-29)36-28-30(24-26-46(36)53-45)50-40-18-6-8-20-42(40)52-38-16-4-2-12-32(38)34-14-10-22-44(50)48(34)52/h1-28H. The van der Waals surface area contributed by atoms with E-state index in [-0.39, 0.29) is 0 Å². The normalized spacial score (nSPS) is 13.2. The smallest absolute Gasteiger partial charge is 0.0783 e. The number of benzene rings is 8. The Balaban J connectivity index is 1.04. The molecule has 0 radical (unpaired) electrons. The molecule has 5 heterocycles. The van der Waals surface area contributed by atoms with Crippen LogP contribution in [0, 0.1) is 0 Å². The summed E-state index contributed by atoms with van der Waals surface area (Å²) in [5.41, 5.74) is 14.5. The third kappa shape index (κ3) is 3.50. The third-order valence-corrected chi connectivity index (χ3v) is 12.7. The first-order valence-corrected chi connectivity index (χ1v) is 18.9. The second-order valence-electron chi connectivity index (χ2n) is 14.2. The van der Waals surface area contributed by atoms with Crippen LogP contribution in [0.3, 0.4) is 0 Å². The molecular formula is C48H28N4S. The molecule has 3 aromatic heterocycles. The minimum atomic E-state index is 1.16. The van der Waals surface area contributed by atoms with Gasteiger partial charge in [-0.3, -0.25) is 0 Å². The molecule has 5 heteroatoms. The van der Waals surface area contributed by atoms with E-state index in [0.717, 1.165) is 11.4 Å². The lowest BCUT2D eigenvalue weighted by atomic mass is 10.0. The molecular weight excluding hydrogens is 665 g/mol. The van der Waals surface area contributed by atoms with Gasteiger partial charge in [-0.15, -0.1) is 11.3 Å². The molecule has 8 aromatic carbocycles. The first-order chi connectivity index (χ1) is 26.3. The third-order valence-electron chi connectivity index (χ3n) is 11.5. The van der Waals surface area contributed by atoms with Crippen LogP contribution in [0.15, 0.2) is 170 Å². The summed E-state index contributed by atoms with van der Waals surface area (Å²) in [7, 11) is 0. The predicted molar refractivity (Wildman–Crippen MR) is 224 cm³/mol. The second kappa shape index (κ2) is 9.94. The highest BCUT2D eigenvalue weighted by Gasteiger charge is 2.30. The zero-order valence-electron chi connectivity index (χ0n) is 28.4. The summed E-state index contributed by atoms with van der Waals surface area (Å²) in [4.78, 5) is 4.92. The van der Waals surface area contributed by atoms with Gasteiger partial charge in [-0.05, 0) is 84.9 Å². The highest BCUT2D eigenvalue weighted by Crippen LogP contribution is 2.52. The van der Waals surface area contributed by atoms with E-state index in [1.54, 1.807) is 0 Å². The van der Waals surface area contributed by atoms with Crippen molar-refractivity contribution in [2.24, 2.45) is 0 Å². The molecule has 0 unspecified atom stereocenters. The average molecular weight is 693 g/mol. The topological polar surface area (TPSA) is 16.3 Å². The zero-order valence-corrected chi connectivity index (χ0v) is 29.2. The molecule has 246 valence electrons. The maximum Gasteiger partial charge on any atom is 0.0783 e. The fraction of sp³-hybridized carbons (Fsp3) is 0. The molecule has 0 atom stereocenters. The molecule has 0 spiro atoms. The molecule has 0 saturated heterocycles. The highest BCUT2D eigenvalue weighted by atomic mass is 32.1. The van der Waals surface area contributed by atoms with Crippen molar-refractivity contribution in [1.82, 2.24) is 9.13 Å². The molecule has 13 rings (SSSR count). The summed E-state index contributed by atoms with van der Waals surface area (Å²) in [5.74, 6) is 0. The van der Waals surface area contributed by atoms with Gasteiger partial charge >= 0.3 is 0 Å². The molecule has 0 fully saturated rings. The zero-order chi connectivity index (χ0) is 34.4. The van der Waals surface area contributed by atoms with E-state index < -0.39 is 0 Å². The molecule has 0 aliphatic carbocycles. The van der Waals surface area contributed by atoms with E-state index >= 15 is 0 Å². The van der Waals surface area contributed by atoms with E-state index in [1.807, 2.05) is 11.3 Å². The fourth-order valence-corrected chi connectivity index (χ4v) is 10.5. The summed E-state index contributed by atoms with van der Waals surface area (Å²) in [6, 6.07) is 62.7. The Labute approximate surface area is 308 Å². The number of anilines is 6. The van der Waals surface area contributed by atoms with Crippen LogP contribution in [0.5, 0.6) is 0 Å². The molecule has 0 saturated carbocycles. The van der Waals surface area contributed by atoms with Gasteiger partial charge in [0.2, 0.25) is 0 Å². The molecule has 0 amide bonds. The van der Waals surface area contributed by atoms with E-state index in [1.165, 1.54) is 97.9 Å². The van der Waals surface area contributed by atoms with Crippen LogP contribution < -0.4 is 9.80 Å². The van der Waals surface area contributed by atoms with Crippen LogP contribution >= 0.6 is 11.3 Å². The summed E-state index contributed by atoms with van der Waals surface area (Å²) >= 11 is 1.87. The maximum absolute atomic E-state index is 2.46. The van der Waals surface area contributed by atoms with Crippen molar-refractivity contribution >= 4 is 109 Å². The van der Waals surface area contributed by atoms with E-state index in [0.29, 0.717) is 0 Å². The summed E-state index contributed by atoms with van der Waals surface area (Å²) in [6.45, 7) is 0. The van der Waals surface area contributed by atoms with Crippen molar-refractivity contribution in [2.45, 2.75) is 0 Å². The number of hydrogen-bond donors (Lipinski definition) is 0. The van der Waals surface area contributed by atoms with Gasteiger partial charge in [0, 0.05) is 53.1 Å². The van der Waals surface area contributed by atoms with Gasteiger partial charge in [-0.25, -0.2) is 0 Å². The van der Waals surface area contributed by atoms with Gasteiger partial charge in [0.05, 0.1) is 56.2 Å². The Bertz CT molecular complexity index is 3160. The first kappa shape index (κ1) is 27.8. The number of nitrogens with zero attached hydrogens (tertiary/aromatic N) is 4. The van der Waals surface area contributed by atoms with Gasteiger partial charge in [-0.2, -0.15) is 0 Å². The van der Waals surface area contributed by atoms with E-state index in [2.05, 4.69) is 189 Å². The summed E-state index contributed by atoms with van der Waals surface area (Å²) in [5, 5.41) is 7.67. The van der Waals surface area contributed by atoms with Crippen LogP contribution in [-0.4, -0.2) is 9.13 Å². The molecule has 4 nitrogen and oxygen atoms in total. The van der Waals surface area contributed by atoms with Gasteiger partial charge in [-0.1, -0.05) is 84.9 Å². The van der Waals surface area contributed by atoms with Crippen molar-refractivity contribution in [3.05, 3.63) is 170 Å². The lowest BCUT2D eigenvalue weighted by Crippen LogP contribution is -2.18. The van der Waals surface area contributed by atoms with Crippen molar-refractivity contribution in [2.75, 3.05) is 9.80 Å². The lowest BCUT2D eigenvalue weighted by molar-refractivity contribution is 1.11. The Morgan fingerprint density at radius 2 is 0.698 bits per heavy atom. The first-order valence-electron chi connectivity index (χ1n) is 18.1. The molecule has 11 aromatic rings. The van der Waals surface area contributed by atoms with Gasteiger partial charge in [0.1, 0.15) is 0 Å². The monoisotopic (exact) mass is 692 g/mol. The van der Waals surface area contributed by atoms with Gasteiger partial charge in [0.25, 0.3) is 0 Å². The Morgan fingerprint density at radius 1 is 0.302 bits per heavy atom. The summed E-state index contributed by atoms with van der Waals surface area (Å²) < 4.78 is 7.49. The SMILES string of the molecule is c1ccc2c(c1)N(c1ccc3sc4ccc(N5c6ccccc6-n6c7ccccc7c7cccc5c76)cc4c3c1)c1cccc3c4ccccc4n-2c13. The van der Waals surface area contributed by atoms with Gasteiger partial charge < -0.3 is 18.9 Å². The number of aromatic nitrogens is 2. The lowest BCUT2D eigenvalue weighted by Gasteiger charge is -2.33. The van der Waals surface area contributed by atoms with Crippen LogP contribution in [0.25, 0.3) is 75.2 Å². The van der Waals surface area contributed by atoms with Crippen LogP contribution in [-0.2, 0) is 0 Å². The highest BCUT2D eigenvalue weighted by molar-refractivity contribution is 7.25. The molecule has 2 aliphatic rings. The number of rotatable bonds is 2. The Kier molecular flexibility index (Phi) is 5.22. The number of fused-ring (bicyclic) bond motifs is 13. The van der Waals surface area contributed by atoms with Crippen LogP contribution in [0.2, 0.25) is 0 Å². The van der Waals surface area contributed by atoms with Crippen molar-refractivity contribution in [3.63, 3.8) is 0 Å². The predicted octanol–water partition coefficient (Wildman–Crippen LogP) is 13.8.